The maximum Gasteiger partial charge on any atom is 0.160 e. The molecule has 0 unspecified atom stereocenters. The number of benzene rings is 6. The molecule has 0 amide bonds. The number of fused-ring (bicyclic) bond motifs is 11. The fraction of sp³-hybridized carbons (Fsp3) is 0.130. The molecule has 11 rings (SSSR count). The maximum absolute atomic E-state index is 6.84. The van der Waals surface area contributed by atoms with Gasteiger partial charge in [-0.3, -0.25) is 0 Å². The van der Waals surface area contributed by atoms with Crippen LogP contribution in [0.5, 0.6) is 0 Å². The third-order valence-electron chi connectivity index (χ3n) is 11.3. The zero-order chi connectivity index (χ0) is 32.4. The molecule has 9 aromatic rings. The highest BCUT2D eigenvalue weighted by Crippen LogP contribution is 2.48. The predicted octanol–water partition coefficient (Wildman–Crippen LogP) is 12.7. The van der Waals surface area contributed by atoms with Crippen molar-refractivity contribution >= 4 is 65.7 Å². The number of aromatic nitrogens is 1. The third kappa shape index (κ3) is 3.68. The highest BCUT2D eigenvalue weighted by Gasteiger charge is 2.34. The Bertz CT molecular complexity index is 2940. The lowest BCUT2D eigenvalue weighted by molar-refractivity contribution is 0.592. The Morgan fingerprint density at radius 1 is 0.653 bits per heavy atom. The minimum absolute atomic E-state index is 0.0722. The van der Waals surface area contributed by atoms with Gasteiger partial charge in [-0.2, -0.15) is 0 Å². The van der Waals surface area contributed by atoms with E-state index in [0.29, 0.717) is 0 Å². The van der Waals surface area contributed by atoms with E-state index in [0.717, 1.165) is 79.9 Å². The SMILES string of the molecule is CC1(C)C2=C(CCC=C2)Cc2ccc(-n3c4ccccc4c4c(-c5ccc6oc7ccccc7c6c5)cc5c6ccccc6oc5c43)cc21. The Morgan fingerprint density at radius 2 is 1.39 bits per heavy atom. The molecule has 0 bridgehead atoms. The predicted molar refractivity (Wildman–Crippen MR) is 203 cm³/mol. The largest absolute Gasteiger partial charge is 0.456 e. The first-order valence-electron chi connectivity index (χ1n) is 17.4. The van der Waals surface area contributed by atoms with Crippen LogP contribution in [0.1, 0.15) is 37.8 Å². The van der Waals surface area contributed by atoms with Crippen molar-refractivity contribution in [3.8, 4) is 16.8 Å². The van der Waals surface area contributed by atoms with E-state index in [1.165, 1.54) is 38.6 Å². The minimum atomic E-state index is -0.0722. The highest BCUT2D eigenvalue weighted by atomic mass is 16.3. The zero-order valence-electron chi connectivity index (χ0n) is 27.5. The molecule has 3 aromatic heterocycles. The smallest absolute Gasteiger partial charge is 0.160 e. The lowest BCUT2D eigenvalue weighted by Gasteiger charge is -2.38. The lowest BCUT2D eigenvalue weighted by Crippen LogP contribution is -2.28. The van der Waals surface area contributed by atoms with Gasteiger partial charge in [-0.15, -0.1) is 0 Å². The summed E-state index contributed by atoms with van der Waals surface area (Å²) in [4.78, 5) is 0. The van der Waals surface area contributed by atoms with Crippen LogP contribution in [-0.4, -0.2) is 4.57 Å². The van der Waals surface area contributed by atoms with E-state index >= 15 is 0 Å². The van der Waals surface area contributed by atoms with Crippen LogP contribution in [0, 0.1) is 0 Å². The summed E-state index contributed by atoms with van der Waals surface area (Å²) < 4.78 is 15.5. The molecule has 0 spiro atoms. The van der Waals surface area contributed by atoms with Gasteiger partial charge in [0.25, 0.3) is 0 Å². The highest BCUT2D eigenvalue weighted by molar-refractivity contribution is 6.26. The molecule has 0 aliphatic heterocycles. The van der Waals surface area contributed by atoms with E-state index in [1.807, 2.05) is 12.1 Å². The standard InChI is InChI=1S/C46H33NO2/c1-46(2)37-15-7-3-11-28(37)23-29-19-21-30(25-38(29)46)47-39-16-8-4-14-33(39)43-34(26-36-32-13-6-10-18-41(32)49-45(36)44(43)47)27-20-22-42-35(24-27)31-12-5-9-17-40(31)48-42/h4-10,12-22,24-26H,3,11,23H2,1-2H3. The average Bonchev–Trinajstić information content (AvgIpc) is 3.81. The van der Waals surface area contributed by atoms with Gasteiger partial charge in [-0.1, -0.05) is 98.3 Å². The van der Waals surface area contributed by atoms with Crippen molar-refractivity contribution in [2.75, 3.05) is 0 Å². The Labute approximate surface area is 283 Å². The number of nitrogens with zero attached hydrogens (tertiary/aromatic N) is 1. The van der Waals surface area contributed by atoms with Crippen LogP contribution < -0.4 is 0 Å². The van der Waals surface area contributed by atoms with E-state index in [2.05, 4.69) is 134 Å². The first-order chi connectivity index (χ1) is 24.0. The summed E-state index contributed by atoms with van der Waals surface area (Å²) in [7, 11) is 0. The number of hydrogen-bond donors (Lipinski definition) is 0. The molecule has 49 heavy (non-hydrogen) atoms. The van der Waals surface area contributed by atoms with Crippen molar-refractivity contribution in [1.29, 1.82) is 0 Å². The van der Waals surface area contributed by atoms with Gasteiger partial charge in [0.15, 0.2) is 5.58 Å². The molecule has 3 nitrogen and oxygen atoms in total. The van der Waals surface area contributed by atoms with E-state index in [1.54, 1.807) is 5.57 Å². The molecule has 0 saturated heterocycles. The fourth-order valence-electron chi connectivity index (χ4n) is 9.08. The second-order valence-electron chi connectivity index (χ2n) is 14.4. The van der Waals surface area contributed by atoms with Gasteiger partial charge < -0.3 is 13.4 Å². The average molecular weight is 632 g/mol. The molecule has 0 atom stereocenters. The van der Waals surface area contributed by atoms with Crippen molar-refractivity contribution in [3.63, 3.8) is 0 Å². The minimum Gasteiger partial charge on any atom is -0.456 e. The Hall–Kier alpha value is -5.80. The van der Waals surface area contributed by atoms with E-state index in [-0.39, 0.29) is 5.41 Å². The van der Waals surface area contributed by atoms with Crippen molar-refractivity contribution in [2.45, 2.75) is 38.5 Å². The number of allylic oxidation sites excluding steroid dienone is 4. The van der Waals surface area contributed by atoms with Crippen molar-refractivity contribution in [3.05, 3.63) is 150 Å². The summed E-state index contributed by atoms with van der Waals surface area (Å²) in [5.74, 6) is 0. The van der Waals surface area contributed by atoms with Gasteiger partial charge in [-0.25, -0.2) is 0 Å². The fourth-order valence-corrected chi connectivity index (χ4v) is 9.08. The summed E-state index contributed by atoms with van der Waals surface area (Å²) in [5, 5.41) is 6.93. The summed E-state index contributed by atoms with van der Waals surface area (Å²) in [6, 6.07) is 41.8. The van der Waals surface area contributed by atoms with Crippen LogP contribution >= 0.6 is 0 Å². The molecule has 234 valence electrons. The molecule has 2 aliphatic rings. The van der Waals surface area contributed by atoms with E-state index in [9.17, 15) is 0 Å². The van der Waals surface area contributed by atoms with Gasteiger partial charge in [0.05, 0.1) is 11.0 Å². The van der Waals surface area contributed by atoms with Crippen molar-refractivity contribution in [1.82, 2.24) is 4.57 Å². The molecule has 0 saturated carbocycles. The lowest BCUT2D eigenvalue weighted by atomic mass is 9.67. The first-order valence-corrected chi connectivity index (χ1v) is 17.4. The summed E-state index contributed by atoms with van der Waals surface area (Å²) in [6.45, 7) is 4.80. The molecule has 0 fully saturated rings. The number of rotatable bonds is 2. The van der Waals surface area contributed by atoms with Crippen LogP contribution in [0.15, 0.2) is 147 Å². The number of furan rings is 2. The van der Waals surface area contributed by atoms with Gasteiger partial charge in [0.1, 0.15) is 16.7 Å². The second-order valence-corrected chi connectivity index (χ2v) is 14.4. The Balaban J connectivity index is 1.26. The van der Waals surface area contributed by atoms with E-state index < -0.39 is 0 Å². The van der Waals surface area contributed by atoms with E-state index in [4.69, 9.17) is 8.83 Å². The Kier molecular flexibility index (Phi) is 5.35. The van der Waals surface area contributed by atoms with Gasteiger partial charge >= 0.3 is 0 Å². The molecule has 2 aliphatic carbocycles. The second kappa shape index (κ2) is 9.64. The molecule has 0 radical (unpaired) electrons. The van der Waals surface area contributed by atoms with Crippen LogP contribution in [0.25, 0.3) is 82.5 Å². The normalized spacial score (nSPS) is 15.7. The zero-order valence-corrected chi connectivity index (χ0v) is 27.5. The molecule has 0 N–H and O–H groups in total. The third-order valence-corrected chi connectivity index (χ3v) is 11.3. The van der Waals surface area contributed by atoms with Crippen LogP contribution in [0.2, 0.25) is 0 Å². The topological polar surface area (TPSA) is 31.2 Å². The molecule has 3 heterocycles. The van der Waals surface area contributed by atoms with Gasteiger partial charge in [0.2, 0.25) is 0 Å². The molecular formula is C46H33NO2. The summed E-state index contributed by atoms with van der Waals surface area (Å²) in [5.41, 5.74) is 15.3. The number of hydrogen-bond acceptors (Lipinski definition) is 2. The summed E-state index contributed by atoms with van der Waals surface area (Å²) >= 11 is 0. The molecule has 6 aromatic carbocycles. The molecule has 3 heteroatoms. The number of para-hydroxylation sites is 3. The van der Waals surface area contributed by atoms with Gasteiger partial charge in [-0.05, 0) is 95.6 Å². The monoisotopic (exact) mass is 631 g/mol. The van der Waals surface area contributed by atoms with Crippen molar-refractivity contribution < 1.29 is 8.83 Å². The van der Waals surface area contributed by atoms with Crippen LogP contribution in [0.4, 0.5) is 0 Å². The maximum atomic E-state index is 6.84. The van der Waals surface area contributed by atoms with Crippen LogP contribution in [0.3, 0.4) is 0 Å². The van der Waals surface area contributed by atoms with Crippen molar-refractivity contribution in [2.24, 2.45) is 0 Å². The quantitative estimate of drug-likeness (QED) is 0.190. The summed E-state index contributed by atoms with van der Waals surface area (Å²) in [6.07, 6.45) is 8.08. The Morgan fingerprint density at radius 3 is 2.24 bits per heavy atom. The van der Waals surface area contributed by atoms with Crippen LogP contribution in [-0.2, 0) is 11.8 Å². The first kappa shape index (κ1) is 27.2. The van der Waals surface area contributed by atoms with Gasteiger partial charge in [0, 0.05) is 43.4 Å². The molecular weight excluding hydrogens is 599 g/mol.